The van der Waals surface area contributed by atoms with Crippen LogP contribution in [-0.4, -0.2) is 61.4 Å². The fourth-order valence-electron chi connectivity index (χ4n) is 2.50. The summed E-state index contributed by atoms with van der Waals surface area (Å²) in [5.41, 5.74) is 0.0822. The van der Waals surface area contributed by atoms with Gasteiger partial charge in [-0.3, -0.25) is 0 Å². The van der Waals surface area contributed by atoms with Crippen LogP contribution in [0.25, 0.3) is 0 Å². The average Bonchev–Trinajstić information content (AvgIpc) is 2.47. The molecule has 0 saturated carbocycles. The Balaban J connectivity index is 2.23. The van der Waals surface area contributed by atoms with Crippen LogP contribution in [0, 0.1) is 0 Å². The Morgan fingerprint density at radius 1 is 1.29 bits per heavy atom. The Morgan fingerprint density at radius 2 is 1.90 bits per heavy atom. The van der Waals surface area contributed by atoms with Crippen LogP contribution < -0.4 is 0 Å². The van der Waals surface area contributed by atoms with Gasteiger partial charge in [0.2, 0.25) is 10.0 Å². The molecule has 1 N–H and O–H groups in total. The first kappa shape index (κ1) is 15.9. The number of hydrogen-bond acceptors (Lipinski definition) is 4. The van der Waals surface area contributed by atoms with E-state index in [0.29, 0.717) is 19.6 Å². The molecule has 0 aliphatic carbocycles. The Labute approximate surface area is 125 Å². The van der Waals surface area contributed by atoms with Crippen molar-refractivity contribution < 1.29 is 18.3 Å². The number of carboxylic acid groups (broad SMARTS) is 1. The second kappa shape index (κ2) is 6.13. The van der Waals surface area contributed by atoms with E-state index in [9.17, 15) is 13.2 Å². The maximum Gasteiger partial charge on any atom is 0.335 e. The summed E-state index contributed by atoms with van der Waals surface area (Å²) >= 11 is 0. The highest BCUT2D eigenvalue weighted by Crippen LogP contribution is 2.21. The van der Waals surface area contributed by atoms with E-state index in [2.05, 4.69) is 4.90 Å². The largest absolute Gasteiger partial charge is 0.478 e. The second-order valence-corrected chi connectivity index (χ2v) is 7.17. The van der Waals surface area contributed by atoms with Crippen molar-refractivity contribution >= 4 is 16.0 Å². The van der Waals surface area contributed by atoms with E-state index < -0.39 is 16.0 Å². The molecule has 6 nitrogen and oxygen atoms in total. The lowest BCUT2D eigenvalue weighted by Crippen LogP contribution is -2.52. The van der Waals surface area contributed by atoms with Crippen molar-refractivity contribution in [3.05, 3.63) is 29.8 Å². The van der Waals surface area contributed by atoms with E-state index >= 15 is 0 Å². The molecule has 0 amide bonds. The van der Waals surface area contributed by atoms with Crippen LogP contribution in [0.3, 0.4) is 0 Å². The fraction of sp³-hybridized carbons (Fsp3) is 0.500. The first-order valence-corrected chi connectivity index (χ1v) is 8.34. The van der Waals surface area contributed by atoms with Crippen molar-refractivity contribution in [1.29, 1.82) is 0 Å². The van der Waals surface area contributed by atoms with Crippen LogP contribution in [0.1, 0.15) is 23.7 Å². The summed E-state index contributed by atoms with van der Waals surface area (Å²) < 4.78 is 26.7. The monoisotopic (exact) mass is 312 g/mol. The quantitative estimate of drug-likeness (QED) is 0.901. The summed E-state index contributed by atoms with van der Waals surface area (Å²) in [6.45, 7) is 3.66. The zero-order valence-corrected chi connectivity index (χ0v) is 13.0. The third-order valence-corrected chi connectivity index (χ3v) is 5.83. The third-order valence-electron chi connectivity index (χ3n) is 3.95. The highest BCUT2D eigenvalue weighted by molar-refractivity contribution is 7.89. The summed E-state index contributed by atoms with van der Waals surface area (Å²) in [4.78, 5) is 13.1. The lowest BCUT2D eigenvalue weighted by Gasteiger charge is -2.38. The number of rotatable bonds is 4. The van der Waals surface area contributed by atoms with Gasteiger partial charge in [-0.1, -0.05) is 6.92 Å². The van der Waals surface area contributed by atoms with Gasteiger partial charge in [-0.25, -0.2) is 13.2 Å². The normalized spacial score (nSPS) is 21.3. The third kappa shape index (κ3) is 3.25. The van der Waals surface area contributed by atoms with E-state index in [1.165, 1.54) is 28.6 Å². The summed E-state index contributed by atoms with van der Waals surface area (Å²) in [6, 6.07) is 5.58. The number of hydrogen-bond donors (Lipinski definition) is 1. The van der Waals surface area contributed by atoms with Gasteiger partial charge in [0, 0.05) is 25.7 Å². The molecule has 0 spiro atoms. The molecule has 21 heavy (non-hydrogen) atoms. The van der Waals surface area contributed by atoms with Crippen LogP contribution >= 0.6 is 0 Å². The first-order valence-electron chi connectivity index (χ1n) is 6.90. The number of benzene rings is 1. The van der Waals surface area contributed by atoms with E-state index in [0.717, 1.165) is 6.42 Å². The molecule has 0 bridgehead atoms. The van der Waals surface area contributed by atoms with Gasteiger partial charge in [-0.05, 0) is 37.7 Å². The predicted molar refractivity (Wildman–Crippen MR) is 78.9 cm³/mol. The highest BCUT2D eigenvalue weighted by Gasteiger charge is 2.31. The average molecular weight is 312 g/mol. The zero-order valence-electron chi connectivity index (χ0n) is 12.2. The smallest absolute Gasteiger partial charge is 0.335 e. The fourth-order valence-corrected chi connectivity index (χ4v) is 3.96. The molecular weight excluding hydrogens is 292 g/mol. The highest BCUT2D eigenvalue weighted by atomic mass is 32.2. The van der Waals surface area contributed by atoms with Crippen molar-refractivity contribution in [2.24, 2.45) is 0 Å². The number of carboxylic acids is 1. The Kier molecular flexibility index (Phi) is 4.65. The van der Waals surface area contributed by atoms with Crippen LogP contribution in [0.4, 0.5) is 0 Å². The van der Waals surface area contributed by atoms with Crippen molar-refractivity contribution in [3.8, 4) is 0 Å². The van der Waals surface area contributed by atoms with E-state index in [4.69, 9.17) is 5.11 Å². The number of nitrogens with zero attached hydrogens (tertiary/aromatic N) is 2. The Hall–Kier alpha value is -1.44. The number of carbonyl (C=O) groups is 1. The zero-order chi connectivity index (χ0) is 15.6. The molecular formula is C14H20N2O4S. The second-order valence-electron chi connectivity index (χ2n) is 5.24. The van der Waals surface area contributed by atoms with E-state index in [1.54, 1.807) is 0 Å². The van der Waals surface area contributed by atoms with E-state index in [-0.39, 0.29) is 16.5 Å². The molecule has 2 rings (SSSR count). The van der Waals surface area contributed by atoms with Crippen LogP contribution in [0.2, 0.25) is 0 Å². The van der Waals surface area contributed by atoms with E-state index in [1.807, 2.05) is 14.0 Å². The molecule has 1 aliphatic rings. The molecule has 1 aromatic rings. The summed E-state index contributed by atoms with van der Waals surface area (Å²) in [5.74, 6) is -1.07. The van der Waals surface area contributed by atoms with Gasteiger partial charge >= 0.3 is 5.97 Å². The Bertz CT molecular complexity index is 612. The maximum atomic E-state index is 12.6. The van der Waals surface area contributed by atoms with Gasteiger partial charge < -0.3 is 10.0 Å². The molecule has 7 heteroatoms. The maximum absolute atomic E-state index is 12.6. The summed E-state index contributed by atoms with van der Waals surface area (Å²) in [6.07, 6.45) is 0.889. The van der Waals surface area contributed by atoms with Crippen LogP contribution in [-0.2, 0) is 10.0 Å². The van der Waals surface area contributed by atoms with Crippen molar-refractivity contribution in [1.82, 2.24) is 9.21 Å². The van der Waals surface area contributed by atoms with Crippen molar-refractivity contribution in [2.45, 2.75) is 24.3 Å². The minimum absolute atomic E-state index is 0.0822. The first-order chi connectivity index (χ1) is 9.86. The van der Waals surface area contributed by atoms with Crippen molar-refractivity contribution in [3.63, 3.8) is 0 Å². The molecule has 0 aromatic heterocycles. The van der Waals surface area contributed by atoms with Gasteiger partial charge in [0.25, 0.3) is 0 Å². The Morgan fingerprint density at radius 3 is 2.43 bits per heavy atom. The lowest BCUT2D eigenvalue weighted by atomic mass is 10.1. The minimum atomic E-state index is -3.56. The number of aromatic carboxylic acids is 1. The summed E-state index contributed by atoms with van der Waals surface area (Å²) in [7, 11) is -1.56. The molecule has 1 aliphatic heterocycles. The number of sulfonamides is 1. The van der Waals surface area contributed by atoms with Crippen molar-refractivity contribution in [2.75, 3.05) is 26.7 Å². The topological polar surface area (TPSA) is 77.9 Å². The van der Waals surface area contributed by atoms with Gasteiger partial charge in [-0.2, -0.15) is 4.31 Å². The SMILES string of the molecule is CCC1CN(S(=O)(=O)c2ccc(C(=O)O)cc2)CCN1C. The van der Waals surface area contributed by atoms with Crippen LogP contribution in [0.5, 0.6) is 0 Å². The molecule has 1 unspecified atom stereocenters. The minimum Gasteiger partial charge on any atom is -0.478 e. The molecule has 1 saturated heterocycles. The lowest BCUT2D eigenvalue weighted by molar-refractivity contribution is 0.0696. The van der Waals surface area contributed by atoms with Gasteiger partial charge in [0.1, 0.15) is 0 Å². The molecule has 1 heterocycles. The summed E-state index contributed by atoms with van der Waals surface area (Å²) in [5, 5.41) is 8.86. The number of likely N-dealkylation sites (N-methyl/N-ethyl adjacent to an activating group) is 1. The van der Waals surface area contributed by atoms with Crippen LogP contribution in [0.15, 0.2) is 29.2 Å². The standard InChI is InChI=1S/C14H20N2O4S/c1-3-12-10-16(9-8-15(12)2)21(19,20)13-6-4-11(5-7-13)14(17)18/h4-7,12H,3,8-10H2,1-2H3,(H,17,18). The van der Waals surface area contributed by atoms with Gasteiger partial charge in [0.15, 0.2) is 0 Å². The number of piperazine rings is 1. The molecule has 0 radical (unpaired) electrons. The molecule has 1 fully saturated rings. The predicted octanol–water partition coefficient (Wildman–Crippen LogP) is 1.10. The molecule has 1 aromatic carbocycles. The molecule has 116 valence electrons. The van der Waals surface area contributed by atoms with Gasteiger partial charge in [-0.15, -0.1) is 0 Å². The van der Waals surface area contributed by atoms with Gasteiger partial charge in [0.05, 0.1) is 10.5 Å². The molecule has 1 atom stereocenters.